The molecule has 2 N–H and O–H groups in total. The van der Waals surface area contributed by atoms with Crippen LogP contribution >= 0.6 is 11.8 Å². The molecule has 8 heteroatoms. The topological polar surface area (TPSA) is 76.4 Å². The molecule has 3 rings (SSSR count). The Morgan fingerprint density at radius 2 is 2.29 bits per heavy atom. The summed E-state index contributed by atoms with van der Waals surface area (Å²) in [4.78, 5) is 4.73. The van der Waals surface area contributed by atoms with Crippen molar-refractivity contribution in [2.45, 2.75) is 51.3 Å². The van der Waals surface area contributed by atoms with Crippen molar-refractivity contribution >= 4 is 17.7 Å². The number of aliphatic imine (C=N–C) groups is 1. The number of thioether (sulfide) groups is 1. The third-order valence-electron chi connectivity index (χ3n) is 4.58. The van der Waals surface area contributed by atoms with E-state index in [4.69, 9.17) is 9.73 Å². The molecule has 2 aliphatic heterocycles. The number of guanidine groups is 1. The molecule has 0 aliphatic carbocycles. The number of nitrogens with zero attached hydrogens (tertiary/aromatic N) is 4. The average Bonchev–Trinajstić information content (AvgIpc) is 3.23. The zero-order valence-electron chi connectivity index (χ0n) is 14.6. The first kappa shape index (κ1) is 17.5. The molecule has 24 heavy (non-hydrogen) atoms. The molecule has 0 bridgehead atoms. The van der Waals surface area contributed by atoms with Crippen molar-refractivity contribution < 1.29 is 4.74 Å². The lowest BCUT2D eigenvalue weighted by Crippen LogP contribution is -2.47. The monoisotopic (exact) mass is 352 g/mol. The molecule has 2 unspecified atom stereocenters. The van der Waals surface area contributed by atoms with E-state index in [1.54, 1.807) is 0 Å². The molecule has 134 valence electrons. The van der Waals surface area contributed by atoms with E-state index in [2.05, 4.69) is 20.8 Å². The van der Waals surface area contributed by atoms with Crippen molar-refractivity contribution in [3.8, 4) is 0 Å². The number of rotatable bonds is 5. The first-order valence-electron chi connectivity index (χ1n) is 8.81. The third-order valence-corrected chi connectivity index (χ3v) is 5.80. The van der Waals surface area contributed by atoms with E-state index >= 15 is 0 Å². The van der Waals surface area contributed by atoms with Gasteiger partial charge in [0.15, 0.2) is 11.8 Å². The molecule has 1 aromatic rings. The van der Waals surface area contributed by atoms with Gasteiger partial charge in [0.25, 0.3) is 0 Å². The van der Waals surface area contributed by atoms with Crippen molar-refractivity contribution in [1.82, 2.24) is 25.4 Å². The highest BCUT2D eigenvalue weighted by molar-refractivity contribution is 7.99. The number of aryl methyl sites for hydroxylation is 1. The second kappa shape index (κ2) is 8.71. The van der Waals surface area contributed by atoms with E-state index < -0.39 is 0 Å². The maximum atomic E-state index is 5.70. The molecule has 0 aromatic carbocycles. The lowest BCUT2D eigenvalue weighted by atomic mass is 10.2. The molecule has 3 heterocycles. The predicted molar refractivity (Wildman–Crippen MR) is 97.3 cm³/mol. The van der Waals surface area contributed by atoms with Gasteiger partial charge in [-0.05, 0) is 38.4 Å². The Labute approximate surface area is 148 Å². The Kier molecular flexibility index (Phi) is 6.37. The zero-order chi connectivity index (χ0) is 16.8. The molecule has 0 amide bonds. The van der Waals surface area contributed by atoms with Crippen LogP contribution in [0.2, 0.25) is 0 Å². The number of hydrogen-bond donors (Lipinski definition) is 2. The Morgan fingerprint density at radius 1 is 1.38 bits per heavy atom. The van der Waals surface area contributed by atoms with Crippen LogP contribution in [0, 0.1) is 6.92 Å². The summed E-state index contributed by atoms with van der Waals surface area (Å²) in [5, 5.41) is 15.3. The minimum absolute atomic E-state index is 0.301. The highest BCUT2D eigenvalue weighted by Gasteiger charge is 2.18. The highest BCUT2D eigenvalue weighted by atomic mass is 32.2. The normalized spacial score (nSPS) is 25.0. The smallest absolute Gasteiger partial charge is 0.192 e. The van der Waals surface area contributed by atoms with Crippen LogP contribution in [0.15, 0.2) is 4.99 Å². The van der Waals surface area contributed by atoms with Gasteiger partial charge in [0.2, 0.25) is 0 Å². The summed E-state index contributed by atoms with van der Waals surface area (Å²) >= 11 is 2.01. The van der Waals surface area contributed by atoms with Gasteiger partial charge in [0, 0.05) is 32.0 Å². The molecule has 7 nitrogen and oxygen atoms in total. The van der Waals surface area contributed by atoms with Crippen molar-refractivity contribution in [2.75, 3.05) is 24.7 Å². The van der Waals surface area contributed by atoms with Crippen LogP contribution < -0.4 is 10.6 Å². The SMILES string of the molecule is Cc1nnc(CN=C(NCC2CCCO2)NC2CCCSC2)n1C. The predicted octanol–water partition coefficient (Wildman–Crippen LogP) is 1.23. The lowest BCUT2D eigenvalue weighted by Gasteiger charge is -2.25. The van der Waals surface area contributed by atoms with Crippen molar-refractivity contribution in [2.24, 2.45) is 12.0 Å². The van der Waals surface area contributed by atoms with Crippen molar-refractivity contribution in [1.29, 1.82) is 0 Å². The first-order chi connectivity index (χ1) is 11.7. The minimum Gasteiger partial charge on any atom is -0.376 e. The fraction of sp³-hybridized carbons (Fsp3) is 0.812. The van der Waals surface area contributed by atoms with E-state index in [0.717, 1.165) is 49.4 Å². The number of hydrogen-bond acceptors (Lipinski definition) is 5. The molecular weight excluding hydrogens is 324 g/mol. The van der Waals surface area contributed by atoms with E-state index in [9.17, 15) is 0 Å². The van der Waals surface area contributed by atoms with Crippen LogP contribution in [-0.2, 0) is 18.3 Å². The summed E-state index contributed by atoms with van der Waals surface area (Å²) in [6, 6.07) is 0.487. The van der Waals surface area contributed by atoms with Gasteiger partial charge < -0.3 is 19.9 Å². The number of ether oxygens (including phenoxy) is 1. The Bertz CT molecular complexity index is 549. The van der Waals surface area contributed by atoms with Gasteiger partial charge >= 0.3 is 0 Å². The molecule has 0 saturated carbocycles. The highest BCUT2D eigenvalue weighted by Crippen LogP contribution is 2.17. The summed E-state index contributed by atoms with van der Waals surface area (Å²) in [5.74, 6) is 5.06. The summed E-state index contributed by atoms with van der Waals surface area (Å²) in [5.41, 5.74) is 0. The summed E-state index contributed by atoms with van der Waals surface area (Å²) in [6.07, 6.45) is 5.06. The lowest BCUT2D eigenvalue weighted by molar-refractivity contribution is 0.113. The number of nitrogens with one attached hydrogen (secondary N) is 2. The van der Waals surface area contributed by atoms with Gasteiger partial charge in [-0.1, -0.05) is 0 Å². The van der Waals surface area contributed by atoms with Gasteiger partial charge in [0.05, 0.1) is 6.10 Å². The van der Waals surface area contributed by atoms with E-state index in [1.165, 1.54) is 18.6 Å². The first-order valence-corrected chi connectivity index (χ1v) is 9.97. The van der Waals surface area contributed by atoms with Gasteiger partial charge in [-0.15, -0.1) is 10.2 Å². The number of aromatic nitrogens is 3. The molecule has 2 fully saturated rings. The fourth-order valence-electron chi connectivity index (χ4n) is 2.95. The average molecular weight is 353 g/mol. The molecule has 2 atom stereocenters. The van der Waals surface area contributed by atoms with Crippen molar-refractivity contribution in [3.63, 3.8) is 0 Å². The van der Waals surface area contributed by atoms with Crippen LogP contribution in [0.4, 0.5) is 0 Å². The van der Waals surface area contributed by atoms with Crippen LogP contribution in [-0.4, -0.2) is 57.5 Å². The maximum absolute atomic E-state index is 5.70. The second-order valence-corrected chi connectivity index (χ2v) is 7.61. The standard InChI is InChI=1S/C16H28N6OS/c1-12-20-21-15(22(12)2)10-18-16(17-9-14-6-3-7-23-14)19-13-5-4-8-24-11-13/h13-14H,3-11H2,1-2H3,(H2,17,18,19). The van der Waals surface area contributed by atoms with Crippen LogP contribution in [0.5, 0.6) is 0 Å². The molecule has 2 saturated heterocycles. The fourth-order valence-corrected chi connectivity index (χ4v) is 4.03. The van der Waals surface area contributed by atoms with Crippen LogP contribution in [0.1, 0.15) is 37.3 Å². The molecule has 1 aromatic heterocycles. The molecular formula is C16H28N6OS. The van der Waals surface area contributed by atoms with E-state index in [0.29, 0.717) is 18.7 Å². The largest absolute Gasteiger partial charge is 0.376 e. The second-order valence-electron chi connectivity index (χ2n) is 6.46. The van der Waals surface area contributed by atoms with E-state index in [-0.39, 0.29) is 0 Å². The van der Waals surface area contributed by atoms with Crippen LogP contribution in [0.25, 0.3) is 0 Å². The summed E-state index contributed by atoms with van der Waals surface area (Å²) in [7, 11) is 1.98. The molecule has 0 spiro atoms. The minimum atomic E-state index is 0.301. The van der Waals surface area contributed by atoms with Gasteiger partial charge in [-0.3, -0.25) is 0 Å². The Hall–Kier alpha value is -1.28. The summed E-state index contributed by atoms with van der Waals surface area (Å²) in [6.45, 7) is 4.17. The Balaban J connectivity index is 1.60. The van der Waals surface area contributed by atoms with Crippen molar-refractivity contribution in [3.05, 3.63) is 11.6 Å². The molecule has 0 radical (unpaired) electrons. The quantitative estimate of drug-likeness (QED) is 0.613. The van der Waals surface area contributed by atoms with Gasteiger partial charge in [0.1, 0.15) is 12.4 Å². The van der Waals surface area contributed by atoms with E-state index in [1.807, 2.05) is 30.3 Å². The van der Waals surface area contributed by atoms with Crippen LogP contribution in [0.3, 0.4) is 0 Å². The molecule has 2 aliphatic rings. The zero-order valence-corrected chi connectivity index (χ0v) is 15.4. The third kappa shape index (κ3) is 4.86. The van der Waals surface area contributed by atoms with Gasteiger partial charge in [-0.25, -0.2) is 4.99 Å². The maximum Gasteiger partial charge on any atom is 0.192 e. The van der Waals surface area contributed by atoms with Gasteiger partial charge in [-0.2, -0.15) is 11.8 Å². The summed E-state index contributed by atoms with van der Waals surface area (Å²) < 4.78 is 7.69. The Morgan fingerprint density at radius 3 is 2.96 bits per heavy atom.